The van der Waals surface area contributed by atoms with Crippen LogP contribution in [0.4, 0.5) is 9.59 Å². The van der Waals surface area contributed by atoms with Crippen molar-refractivity contribution >= 4 is 12.2 Å². The van der Waals surface area contributed by atoms with Crippen LogP contribution in [0.1, 0.15) is 38.3 Å². The Bertz CT molecular complexity index is 940. The lowest BCUT2D eigenvalue weighted by Gasteiger charge is -2.36. The van der Waals surface area contributed by atoms with Crippen LogP contribution >= 0.6 is 0 Å². The van der Waals surface area contributed by atoms with E-state index in [0.717, 1.165) is 11.1 Å². The van der Waals surface area contributed by atoms with Crippen molar-refractivity contribution in [1.29, 1.82) is 0 Å². The number of alkyl carbamates (subject to hydrolysis) is 1. The minimum Gasteiger partial charge on any atom is -0.497 e. The van der Waals surface area contributed by atoms with Crippen LogP contribution in [-0.2, 0) is 22.6 Å². The number of aliphatic hydroxyl groups is 1. The van der Waals surface area contributed by atoms with Crippen molar-refractivity contribution in [3.05, 3.63) is 78.4 Å². The van der Waals surface area contributed by atoms with Crippen molar-refractivity contribution in [3.8, 4) is 5.75 Å². The maximum absolute atomic E-state index is 13.3. The van der Waals surface area contributed by atoms with Crippen LogP contribution in [0.2, 0.25) is 0 Å². The number of carbonyl (C=O) groups is 2. The fourth-order valence-corrected chi connectivity index (χ4v) is 3.45. The van der Waals surface area contributed by atoms with Gasteiger partial charge in [-0.2, -0.15) is 0 Å². The average Bonchev–Trinajstić information content (AvgIpc) is 2.83. The Morgan fingerprint density at radius 3 is 2.29 bits per heavy atom. The molecule has 190 valence electrons. The third kappa shape index (κ3) is 9.33. The molecule has 0 saturated heterocycles. The van der Waals surface area contributed by atoms with Gasteiger partial charge in [0, 0.05) is 6.54 Å². The molecule has 0 bridgehead atoms. The molecule has 35 heavy (non-hydrogen) atoms. The summed E-state index contributed by atoms with van der Waals surface area (Å²) >= 11 is 0. The number of amides is 2. The Hall–Kier alpha value is -3.52. The molecule has 8 nitrogen and oxygen atoms in total. The number of benzene rings is 2. The van der Waals surface area contributed by atoms with Gasteiger partial charge in [0.2, 0.25) is 0 Å². The Labute approximate surface area is 207 Å². The highest BCUT2D eigenvalue weighted by Crippen LogP contribution is 2.20. The van der Waals surface area contributed by atoms with Crippen molar-refractivity contribution in [2.75, 3.05) is 13.7 Å². The van der Waals surface area contributed by atoms with Gasteiger partial charge in [-0.25, -0.2) is 9.59 Å². The number of ether oxygens (including phenoxy) is 3. The largest absolute Gasteiger partial charge is 0.497 e. The second-order valence-electron chi connectivity index (χ2n) is 9.04. The van der Waals surface area contributed by atoms with Crippen LogP contribution in [0.15, 0.2) is 67.3 Å². The third-order valence-electron chi connectivity index (χ3n) is 5.12. The van der Waals surface area contributed by atoms with Crippen molar-refractivity contribution in [2.45, 2.75) is 58.0 Å². The molecule has 0 aromatic heterocycles. The Kier molecular flexibility index (Phi) is 10.6. The topological polar surface area (TPSA) is 97.3 Å². The summed E-state index contributed by atoms with van der Waals surface area (Å²) in [6.07, 6.45) is 0.668. The van der Waals surface area contributed by atoms with Gasteiger partial charge >= 0.3 is 12.2 Å². The van der Waals surface area contributed by atoms with E-state index in [1.807, 2.05) is 42.5 Å². The molecule has 0 fully saturated rings. The van der Waals surface area contributed by atoms with Crippen LogP contribution in [0, 0.1) is 0 Å². The number of carbonyl (C=O) groups excluding carboxylic acids is 2. The van der Waals surface area contributed by atoms with Gasteiger partial charge in [0.05, 0.1) is 25.8 Å². The predicted octanol–water partition coefficient (Wildman–Crippen LogP) is 4.66. The van der Waals surface area contributed by atoms with E-state index < -0.39 is 36.5 Å². The van der Waals surface area contributed by atoms with Crippen molar-refractivity contribution < 1.29 is 28.9 Å². The minimum absolute atomic E-state index is 0.0862. The van der Waals surface area contributed by atoms with E-state index in [4.69, 9.17) is 14.2 Å². The summed E-state index contributed by atoms with van der Waals surface area (Å²) < 4.78 is 16.2. The predicted molar refractivity (Wildman–Crippen MR) is 134 cm³/mol. The number of hydrogen-bond donors (Lipinski definition) is 2. The minimum atomic E-state index is -0.814. The summed E-state index contributed by atoms with van der Waals surface area (Å²) in [5.41, 5.74) is 0.955. The van der Waals surface area contributed by atoms with E-state index in [0.29, 0.717) is 12.2 Å². The first-order chi connectivity index (χ1) is 16.7. The molecule has 2 amide bonds. The van der Waals surface area contributed by atoms with Crippen LogP contribution in [-0.4, -0.2) is 53.6 Å². The number of nitrogens with one attached hydrogen (secondary N) is 1. The molecule has 0 radical (unpaired) electrons. The van der Waals surface area contributed by atoms with Crippen LogP contribution < -0.4 is 10.1 Å². The molecule has 0 aliphatic rings. The molecule has 2 rings (SSSR count). The molecule has 8 heteroatoms. The first-order valence-electron chi connectivity index (χ1n) is 11.5. The van der Waals surface area contributed by atoms with Gasteiger partial charge in [-0.3, -0.25) is 4.90 Å². The second kappa shape index (κ2) is 13.4. The van der Waals surface area contributed by atoms with E-state index in [1.165, 1.54) is 4.90 Å². The van der Waals surface area contributed by atoms with Gasteiger partial charge in [-0.05, 0) is 50.5 Å². The van der Waals surface area contributed by atoms with Gasteiger partial charge in [-0.1, -0.05) is 48.5 Å². The zero-order chi connectivity index (χ0) is 25.8. The van der Waals surface area contributed by atoms with E-state index in [1.54, 1.807) is 46.1 Å². The van der Waals surface area contributed by atoms with Crippen LogP contribution in [0.5, 0.6) is 5.75 Å². The first kappa shape index (κ1) is 27.7. The smallest absolute Gasteiger partial charge is 0.410 e. The molecular weight excluding hydrogens is 448 g/mol. The molecule has 0 spiro atoms. The fourth-order valence-electron chi connectivity index (χ4n) is 3.45. The lowest BCUT2D eigenvalue weighted by Crippen LogP contribution is -2.55. The van der Waals surface area contributed by atoms with Crippen molar-refractivity contribution in [2.24, 2.45) is 0 Å². The maximum atomic E-state index is 13.3. The molecule has 2 atom stereocenters. The Morgan fingerprint density at radius 2 is 1.74 bits per heavy atom. The number of nitrogens with zero attached hydrogens (tertiary/aromatic N) is 1. The lowest BCUT2D eigenvalue weighted by atomic mass is 10.0. The van der Waals surface area contributed by atoms with Crippen molar-refractivity contribution in [1.82, 2.24) is 10.2 Å². The SMILES string of the molecule is C=CC[C@@H]([C@H](CO)NC(=O)OC(C)(C)C)N(Cc1ccc(OC)cc1)C(=O)OCc1ccccc1. The van der Waals surface area contributed by atoms with Crippen LogP contribution in [0.3, 0.4) is 0 Å². The summed E-state index contributed by atoms with van der Waals surface area (Å²) in [6, 6.07) is 15.2. The molecular formula is C27H36N2O6. The summed E-state index contributed by atoms with van der Waals surface area (Å²) in [6.45, 7) is 8.90. The molecule has 0 unspecified atom stereocenters. The molecule has 2 aromatic carbocycles. The molecule has 0 aliphatic carbocycles. The third-order valence-corrected chi connectivity index (χ3v) is 5.12. The highest BCUT2D eigenvalue weighted by atomic mass is 16.6. The number of rotatable bonds is 11. The Morgan fingerprint density at radius 1 is 1.09 bits per heavy atom. The first-order valence-corrected chi connectivity index (χ1v) is 11.5. The van der Waals surface area contributed by atoms with Gasteiger partial charge in [0.15, 0.2) is 0 Å². The summed E-state index contributed by atoms with van der Waals surface area (Å²) in [5, 5.41) is 12.8. The average molecular weight is 485 g/mol. The van der Waals surface area contributed by atoms with Gasteiger partial charge in [-0.15, -0.1) is 6.58 Å². The van der Waals surface area contributed by atoms with E-state index >= 15 is 0 Å². The summed E-state index contributed by atoms with van der Waals surface area (Å²) in [7, 11) is 1.58. The molecule has 0 heterocycles. The maximum Gasteiger partial charge on any atom is 0.410 e. The normalized spacial score (nSPS) is 12.7. The summed E-state index contributed by atoms with van der Waals surface area (Å²) in [5.74, 6) is 0.689. The van der Waals surface area contributed by atoms with Crippen LogP contribution in [0.25, 0.3) is 0 Å². The van der Waals surface area contributed by atoms with Gasteiger partial charge < -0.3 is 24.6 Å². The second-order valence-corrected chi connectivity index (χ2v) is 9.04. The number of aliphatic hydroxyl groups excluding tert-OH is 1. The molecule has 2 aromatic rings. The molecule has 0 aliphatic heterocycles. The monoisotopic (exact) mass is 484 g/mol. The highest BCUT2D eigenvalue weighted by Gasteiger charge is 2.33. The number of hydrogen-bond acceptors (Lipinski definition) is 6. The van der Waals surface area contributed by atoms with Crippen molar-refractivity contribution in [3.63, 3.8) is 0 Å². The summed E-state index contributed by atoms with van der Waals surface area (Å²) in [4.78, 5) is 27.3. The highest BCUT2D eigenvalue weighted by molar-refractivity contribution is 5.70. The molecule has 2 N–H and O–H groups in total. The number of methoxy groups -OCH3 is 1. The Balaban J connectivity index is 2.30. The van der Waals surface area contributed by atoms with Gasteiger partial charge in [0.25, 0.3) is 0 Å². The zero-order valence-electron chi connectivity index (χ0n) is 20.9. The zero-order valence-corrected chi connectivity index (χ0v) is 20.9. The van der Waals surface area contributed by atoms with E-state index in [2.05, 4.69) is 11.9 Å². The lowest BCUT2D eigenvalue weighted by molar-refractivity contribution is 0.0354. The fraction of sp³-hybridized carbons (Fsp3) is 0.407. The standard InChI is InChI=1S/C27H36N2O6/c1-6-10-24(23(18-30)28-25(31)35-27(2,3)4)29(17-20-13-15-22(33-5)16-14-20)26(32)34-19-21-11-8-7-9-12-21/h6-9,11-16,23-24,30H,1,10,17-19H2,2-5H3,(H,28,31)/t23-,24-/m0/s1. The van der Waals surface area contributed by atoms with E-state index in [-0.39, 0.29) is 13.2 Å². The van der Waals surface area contributed by atoms with E-state index in [9.17, 15) is 14.7 Å². The molecule has 0 saturated carbocycles. The quantitative estimate of drug-likeness (QED) is 0.450. The van der Waals surface area contributed by atoms with Gasteiger partial charge in [0.1, 0.15) is 18.0 Å².